The van der Waals surface area contributed by atoms with E-state index in [9.17, 15) is 8.42 Å². The van der Waals surface area contributed by atoms with E-state index in [2.05, 4.69) is 12.2 Å². The Kier molecular flexibility index (Phi) is 2.79. The van der Waals surface area contributed by atoms with Crippen molar-refractivity contribution in [2.45, 2.75) is 30.7 Å². The average molecular weight is 263 g/mol. The van der Waals surface area contributed by atoms with Crippen molar-refractivity contribution in [1.82, 2.24) is 4.31 Å². The number of benzene rings is 1. The molecule has 1 aromatic rings. The summed E-state index contributed by atoms with van der Waals surface area (Å²) in [5, 5.41) is 0. The Balaban J connectivity index is 1.93. The van der Waals surface area contributed by atoms with Crippen LogP contribution in [0.25, 0.3) is 0 Å². The van der Waals surface area contributed by atoms with Gasteiger partial charge in [-0.3, -0.25) is 0 Å². The highest BCUT2D eigenvalue weighted by Crippen LogP contribution is 2.36. The lowest BCUT2D eigenvalue weighted by Gasteiger charge is -2.23. The zero-order chi connectivity index (χ0) is 12.8. The number of nitrogens with zero attached hydrogens (tertiary/aromatic N) is 1. The predicted molar refractivity (Wildman–Crippen MR) is 70.7 cm³/mol. The highest BCUT2D eigenvalue weighted by atomic mass is 32.2. The minimum absolute atomic E-state index is 0.149. The number of rotatable bonds is 2. The van der Waals surface area contributed by atoms with Crippen LogP contribution in [0.5, 0.6) is 0 Å². The molecule has 2 unspecified atom stereocenters. The largest absolute Gasteiger partial charge is 0.243 e. The molecule has 0 aromatic heterocycles. The molecule has 1 aromatic carbocycles. The Bertz CT molecular complexity index is 574. The molecule has 0 N–H and O–H groups in total. The molecule has 18 heavy (non-hydrogen) atoms. The highest BCUT2D eigenvalue weighted by molar-refractivity contribution is 7.89. The summed E-state index contributed by atoms with van der Waals surface area (Å²) in [4.78, 5) is 0.417. The van der Waals surface area contributed by atoms with E-state index in [1.165, 1.54) is 0 Å². The molecule has 1 aliphatic heterocycles. The van der Waals surface area contributed by atoms with Crippen molar-refractivity contribution in [2.24, 2.45) is 5.92 Å². The smallest absolute Gasteiger partial charge is 0.207 e. The van der Waals surface area contributed by atoms with Gasteiger partial charge in [-0.15, -0.1) is 0 Å². The van der Waals surface area contributed by atoms with Crippen LogP contribution in [0, 0.1) is 12.8 Å². The Hall–Kier alpha value is -1.13. The summed E-state index contributed by atoms with van der Waals surface area (Å²) in [6, 6.07) is 7.28. The molecule has 1 saturated heterocycles. The van der Waals surface area contributed by atoms with Gasteiger partial charge in [0.15, 0.2) is 0 Å². The van der Waals surface area contributed by atoms with Gasteiger partial charge in [0.25, 0.3) is 0 Å². The first-order valence-electron chi connectivity index (χ1n) is 6.34. The van der Waals surface area contributed by atoms with E-state index >= 15 is 0 Å². The SMILES string of the molecule is Cc1ccc(S(=O)(=O)N2CCC3C=CCC32)cc1. The van der Waals surface area contributed by atoms with Crippen molar-refractivity contribution >= 4 is 10.0 Å². The average Bonchev–Trinajstić information content (AvgIpc) is 2.90. The van der Waals surface area contributed by atoms with Gasteiger partial charge in [0.1, 0.15) is 0 Å². The molecule has 3 rings (SSSR count). The summed E-state index contributed by atoms with van der Waals surface area (Å²) in [5.41, 5.74) is 1.08. The van der Waals surface area contributed by atoms with Crippen LogP contribution in [-0.4, -0.2) is 25.3 Å². The second kappa shape index (κ2) is 4.21. The lowest BCUT2D eigenvalue weighted by molar-refractivity contribution is 0.376. The van der Waals surface area contributed by atoms with Crippen LogP contribution in [0.2, 0.25) is 0 Å². The first kappa shape index (κ1) is 11.9. The highest BCUT2D eigenvalue weighted by Gasteiger charge is 2.41. The predicted octanol–water partition coefficient (Wildman–Crippen LogP) is 2.33. The fourth-order valence-electron chi connectivity index (χ4n) is 2.90. The molecular weight excluding hydrogens is 246 g/mol. The van der Waals surface area contributed by atoms with E-state index in [1.807, 2.05) is 19.1 Å². The topological polar surface area (TPSA) is 37.4 Å². The van der Waals surface area contributed by atoms with E-state index in [4.69, 9.17) is 0 Å². The van der Waals surface area contributed by atoms with Gasteiger partial charge in [0.05, 0.1) is 4.90 Å². The van der Waals surface area contributed by atoms with Gasteiger partial charge >= 0.3 is 0 Å². The molecule has 1 fully saturated rings. The molecule has 2 aliphatic rings. The van der Waals surface area contributed by atoms with Gasteiger partial charge in [-0.2, -0.15) is 4.31 Å². The second-order valence-corrected chi connectivity index (χ2v) is 7.00. The van der Waals surface area contributed by atoms with Crippen LogP contribution < -0.4 is 0 Å². The summed E-state index contributed by atoms with van der Waals surface area (Å²) < 4.78 is 26.9. The zero-order valence-corrected chi connectivity index (χ0v) is 11.2. The maximum Gasteiger partial charge on any atom is 0.243 e. The third kappa shape index (κ3) is 1.80. The molecule has 2 atom stereocenters. The number of sulfonamides is 1. The lowest BCUT2D eigenvalue weighted by atomic mass is 10.1. The minimum Gasteiger partial charge on any atom is -0.207 e. The fourth-order valence-corrected chi connectivity index (χ4v) is 4.60. The molecule has 1 aliphatic carbocycles. The van der Waals surface area contributed by atoms with E-state index in [1.54, 1.807) is 16.4 Å². The maximum absolute atomic E-state index is 12.6. The molecule has 0 bridgehead atoms. The van der Waals surface area contributed by atoms with Crippen LogP contribution in [0.4, 0.5) is 0 Å². The van der Waals surface area contributed by atoms with Crippen molar-refractivity contribution in [1.29, 1.82) is 0 Å². The van der Waals surface area contributed by atoms with Crippen molar-refractivity contribution < 1.29 is 8.42 Å². The maximum atomic E-state index is 12.6. The summed E-state index contributed by atoms with van der Waals surface area (Å²) in [6.45, 7) is 2.61. The number of aryl methyl sites for hydroxylation is 1. The van der Waals surface area contributed by atoms with Crippen molar-refractivity contribution in [2.75, 3.05) is 6.54 Å². The second-order valence-electron chi connectivity index (χ2n) is 5.11. The Morgan fingerprint density at radius 3 is 2.67 bits per heavy atom. The van der Waals surface area contributed by atoms with Gasteiger partial charge in [-0.25, -0.2) is 8.42 Å². The Morgan fingerprint density at radius 2 is 1.94 bits per heavy atom. The molecule has 0 radical (unpaired) electrons. The molecule has 4 heteroatoms. The summed E-state index contributed by atoms with van der Waals surface area (Å²) in [5.74, 6) is 0.422. The standard InChI is InChI=1S/C14H17NO2S/c1-11-5-7-13(8-6-11)18(16,17)15-10-9-12-3-2-4-14(12)15/h2-3,5-8,12,14H,4,9-10H2,1H3. The van der Waals surface area contributed by atoms with Crippen LogP contribution in [0.15, 0.2) is 41.3 Å². The van der Waals surface area contributed by atoms with Crippen molar-refractivity contribution in [3.8, 4) is 0 Å². The summed E-state index contributed by atoms with van der Waals surface area (Å²) >= 11 is 0. The quantitative estimate of drug-likeness (QED) is 0.768. The van der Waals surface area contributed by atoms with E-state index in [0.29, 0.717) is 17.4 Å². The molecule has 0 spiro atoms. The number of fused-ring (bicyclic) bond motifs is 1. The van der Waals surface area contributed by atoms with Gasteiger partial charge in [-0.05, 0) is 37.8 Å². The number of hydrogen-bond donors (Lipinski definition) is 0. The van der Waals surface area contributed by atoms with E-state index in [0.717, 1.165) is 18.4 Å². The van der Waals surface area contributed by atoms with Gasteiger partial charge in [0, 0.05) is 12.6 Å². The molecule has 0 amide bonds. The summed E-state index contributed by atoms with van der Waals surface area (Å²) in [6.07, 6.45) is 6.07. The van der Waals surface area contributed by atoms with Crippen LogP contribution in [0.1, 0.15) is 18.4 Å². The molecule has 0 saturated carbocycles. The Labute approximate surface area is 108 Å². The summed E-state index contributed by atoms with van der Waals surface area (Å²) in [7, 11) is -3.32. The number of hydrogen-bond acceptors (Lipinski definition) is 2. The third-order valence-corrected chi connectivity index (χ3v) is 5.87. The minimum atomic E-state index is -3.32. The lowest BCUT2D eigenvalue weighted by Crippen LogP contribution is -2.36. The van der Waals surface area contributed by atoms with E-state index < -0.39 is 10.0 Å². The normalized spacial score (nSPS) is 27.6. The fraction of sp³-hybridized carbons (Fsp3) is 0.429. The van der Waals surface area contributed by atoms with Crippen LogP contribution in [0.3, 0.4) is 0 Å². The van der Waals surface area contributed by atoms with Gasteiger partial charge in [-0.1, -0.05) is 29.8 Å². The molecule has 96 valence electrons. The Morgan fingerprint density at radius 1 is 1.22 bits per heavy atom. The zero-order valence-electron chi connectivity index (χ0n) is 10.4. The van der Waals surface area contributed by atoms with Gasteiger partial charge in [0.2, 0.25) is 10.0 Å². The van der Waals surface area contributed by atoms with E-state index in [-0.39, 0.29) is 6.04 Å². The molecular formula is C14H17NO2S. The van der Waals surface area contributed by atoms with Crippen LogP contribution in [-0.2, 0) is 10.0 Å². The first-order valence-corrected chi connectivity index (χ1v) is 7.78. The molecule has 1 heterocycles. The molecule has 3 nitrogen and oxygen atoms in total. The van der Waals surface area contributed by atoms with Crippen molar-refractivity contribution in [3.63, 3.8) is 0 Å². The van der Waals surface area contributed by atoms with Gasteiger partial charge < -0.3 is 0 Å². The van der Waals surface area contributed by atoms with Crippen molar-refractivity contribution in [3.05, 3.63) is 42.0 Å². The van der Waals surface area contributed by atoms with Crippen LogP contribution >= 0.6 is 0 Å². The first-order chi connectivity index (χ1) is 8.59. The third-order valence-electron chi connectivity index (χ3n) is 3.94. The monoisotopic (exact) mass is 263 g/mol.